The zero-order chi connectivity index (χ0) is 38.0. The van der Waals surface area contributed by atoms with E-state index >= 15 is 0 Å². The molecular formula is C31H40Cl2F6N4O8. The molecule has 0 amide bonds. The number of aliphatic hydroxyl groups is 3. The van der Waals surface area contributed by atoms with Gasteiger partial charge in [0.25, 0.3) is 11.2 Å². The Balaban J connectivity index is 0. The van der Waals surface area contributed by atoms with Crippen molar-refractivity contribution in [1.29, 1.82) is 0 Å². The molecule has 0 bridgehead atoms. The summed E-state index contributed by atoms with van der Waals surface area (Å²) in [7, 11) is 1.20. The van der Waals surface area contributed by atoms with Crippen molar-refractivity contribution in [2.45, 2.75) is 50.9 Å². The molecule has 0 radical (unpaired) electrons. The quantitative estimate of drug-likeness (QED) is 0.0941. The molecule has 0 heterocycles. The first-order valence-corrected chi connectivity index (χ1v) is 14.0. The molecular weight excluding hydrogens is 741 g/mol. The molecule has 0 spiro atoms. The van der Waals surface area contributed by atoms with Crippen LogP contribution in [0.4, 0.5) is 49.1 Å². The molecule has 288 valence electrons. The molecule has 0 aliphatic heterocycles. The standard InChI is InChI=1S/C12H14F3NO4.C12H14F3NO3.C7H10N2O.2ClH/c1-3-20-10(17)11(18,12(13,14)15)7-4-5-8(16)9(6-7)19-2;1-3-19-10(17)11(18,12(13,14)15)8-4-5-9(16)7(2)6-8;8-6-2-1-5(4-10)3-7(6)9;;/h4-6,18H,3,16H2,1-2H3;4-6,18H,3,16H2,1-2H3;1-3,10H,4,8-9H2;2*1H. The van der Waals surface area contributed by atoms with Gasteiger partial charge in [0.15, 0.2) is 0 Å². The number of nitrogen functional groups attached to an aromatic ring is 4. The van der Waals surface area contributed by atoms with Crippen LogP contribution in [0.5, 0.6) is 5.75 Å². The van der Waals surface area contributed by atoms with Gasteiger partial charge in [-0.05, 0) is 62.2 Å². The highest BCUT2D eigenvalue weighted by atomic mass is 35.5. The fourth-order valence-electron chi connectivity index (χ4n) is 3.83. The fourth-order valence-corrected chi connectivity index (χ4v) is 3.83. The van der Waals surface area contributed by atoms with Crippen LogP contribution in [0.25, 0.3) is 0 Å². The lowest BCUT2D eigenvalue weighted by molar-refractivity contribution is -0.268. The third-order valence-electron chi connectivity index (χ3n) is 6.63. The van der Waals surface area contributed by atoms with E-state index in [9.17, 15) is 46.1 Å². The lowest BCUT2D eigenvalue weighted by Gasteiger charge is -2.28. The number of benzene rings is 3. The number of hydrogen-bond donors (Lipinski definition) is 7. The average molecular weight is 782 g/mol. The van der Waals surface area contributed by atoms with E-state index in [4.69, 9.17) is 32.8 Å². The Morgan fingerprint density at radius 3 is 1.43 bits per heavy atom. The molecule has 2 unspecified atom stereocenters. The number of alkyl halides is 6. The zero-order valence-electron chi connectivity index (χ0n) is 27.6. The molecule has 0 saturated heterocycles. The monoisotopic (exact) mass is 780 g/mol. The molecule has 0 fully saturated rings. The number of aliphatic hydroxyl groups excluding tert-OH is 1. The van der Waals surface area contributed by atoms with E-state index in [0.717, 1.165) is 35.9 Å². The van der Waals surface area contributed by atoms with E-state index in [-0.39, 0.29) is 61.8 Å². The van der Waals surface area contributed by atoms with Gasteiger partial charge >= 0.3 is 24.3 Å². The summed E-state index contributed by atoms with van der Waals surface area (Å²) >= 11 is 0. The summed E-state index contributed by atoms with van der Waals surface area (Å²) in [5.41, 5.74) is 15.6. The molecule has 3 aromatic rings. The van der Waals surface area contributed by atoms with E-state index in [2.05, 4.69) is 9.47 Å². The van der Waals surface area contributed by atoms with Gasteiger partial charge in [-0.3, -0.25) is 0 Å². The third kappa shape index (κ3) is 11.6. The van der Waals surface area contributed by atoms with Crippen LogP contribution in [-0.4, -0.2) is 59.9 Å². The topological polar surface area (TPSA) is 227 Å². The summed E-state index contributed by atoms with van der Waals surface area (Å²) in [4.78, 5) is 23.0. The summed E-state index contributed by atoms with van der Waals surface area (Å²) in [6.45, 7) is 3.58. The maximum atomic E-state index is 13.1. The lowest BCUT2D eigenvalue weighted by Crippen LogP contribution is -2.50. The van der Waals surface area contributed by atoms with Crippen molar-refractivity contribution in [3.63, 3.8) is 0 Å². The summed E-state index contributed by atoms with van der Waals surface area (Å²) in [5, 5.41) is 28.3. The van der Waals surface area contributed by atoms with Crippen LogP contribution in [0.15, 0.2) is 54.6 Å². The third-order valence-corrected chi connectivity index (χ3v) is 6.63. The van der Waals surface area contributed by atoms with Crippen molar-refractivity contribution < 1.29 is 65.5 Å². The predicted molar refractivity (Wildman–Crippen MR) is 182 cm³/mol. The first kappa shape index (κ1) is 48.8. The van der Waals surface area contributed by atoms with Crippen LogP contribution in [0.2, 0.25) is 0 Å². The Labute approximate surface area is 301 Å². The Bertz CT molecular complexity index is 1600. The number of ether oxygens (including phenoxy) is 3. The molecule has 20 heteroatoms. The van der Waals surface area contributed by atoms with Crippen LogP contribution >= 0.6 is 24.8 Å². The number of carbonyl (C=O) groups is 2. The van der Waals surface area contributed by atoms with Crippen LogP contribution in [-0.2, 0) is 36.9 Å². The molecule has 0 aromatic heterocycles. The smallest absolute Gasteiger partial charge is 0.432 e. The summed E-state index contributed by atoms with van der Waals surface area (Å²) < 4.78 is 91.7. The molecule has 0 aliphatic carbocycles. The van der Waals surface area contributed by atoms with Crippen molar-refractivity contribution >= 4 is 59.5 Å². The largest absolute Gasteiger partial charge is 0.495 e. The summed E-state index contributed by atoms with van der Waals surface area (Å²) in [5.74, 6) is -3.65. The number of aryl methyl sites for hydroxylation is 1. The normalized spacial score (nSPS) is 13.1. The number of hydrogen-bond acceptors (Lipinski definition) is 12. The molecule has 0 saturated carbocycles. The Morgan fingerprint density at radius 1 is 0.667 bits per heavy atom. The number of esters is 2. The van der Waals surface area contributed by atoms with E-state index < -0.39 is 46.6 Å². The van der Waals surface area contributed by atoms with Crippen molar-refractivity contribution in [3.05, 3.63) is 76.9 Å². The van der Waals surface area contributed by atoms with Gasteiger partial charge in [-0.15, -0.1) is 24.8 Å². The molecule has 11 N–H and O–H groups in total. The number of rotatable bonds is 8. The predicted octanol–water partition coefficient (Wildman–Crippen LogP) is 4.67. The van der Waals surface area contributed by atoms with Crippen LogP contribution < -0.4 is 27.7 Å². The van der Waals surface area contributed by atoms with E-state index in [1.807, 2.05) is 0 Å². The Kier molecular flexibility index (Phi) is 19.0. The fraction of sp³-hybridized carbons (Fsp3) is 0.355. The number of nitrogens with two attached hydrogens (primary N) is 4. The van der Waals surface area contributed by atoms with Crippen molar-refractivity contribution in [1.82, 2.24) is 0 Å². The van der Waals surface area contributed by atoms with E-state index in [1.165, 1.54) is 33.9 Å². The van der Waals surface area contributed by atoms with E-state index in [1.54, 1.807) is 18.2 Å². The van der Waals surface area contributed by atoms with Crippen LogP contribution in [0.3, 0.4) is 0 Å². The van der Waals surface area contributed by atoms with Gasteiger partial charge in [0.2, 0.25) is 0 Å². The van der Waals surface area contributed by atoms with Gasteiger partial charge in [-0.2, -0.15) is 26.3 Å². The van der Waals surface area contributed by atoms with Gasteiger partial charge in [0, 0.05) is 16.8 Å². The second-order valence-corrected chi connectivity index (χ2v) is 10.0. The van der Waals surface area contributed by atoms with Gasteiger partial charge in [-0.1, -0.05) is 24.3 Å². The van der Waals surface area contributed by atoms with Gasteiger partial charge in [-0.25, -0.2) is 9.59 Å². The molecule has 2 atom stereocenters. The average Bonchev–Trinajstić information content (AvgIpc) is 3.02. The molecule has 51 heavy (non-hydrogen) atoms. The first-order chi connectivity index (χ1) is 22.6. The number of carbonyl (C=O) groups excluding carboxylic acids is 2. The Morgan fingerprint density at radius 2 is 1.08 bits per heavy atom. The molecule has 3 aromatic carbocycles. The zero-order valence-corrected chi connectivity index (χ0v) is 29.2. The number of halogens is 8. The highest BCUT2D eigenvalue weighted by Crippen LogP contribution is 2.42. The van der Waals surface area contributed by atoms with Gasteiger partial charge in [0.05, 0.1) is 44.0 Å². The van der Waals surface area contributed by atoms with Crippen molar-refractivity contribution in [3.8, 4) is 5.75 Å². The summed E-state index contributed by atoms with van der Waals surface area (Å²) in [6, 6.07) is 11.1. The SMILES string of the molecule is CCOC(=O)C(O)(c1ccc(N)c(C)c1)C(F)(F)F.CCOC(=O)C(O)(c1ccc(N)c(OC)c1)C(F)(F)F.Cl.Cl.Nc1ccc(CO)cc1N. The number of methoxy groups -OCH3 is 1. The van der Waals surface area contributed by atoms with Gasteiger partial charge in [0.1, 0.15) is 5.75 Å². The van der Waals surface area contributed by atoms with Crippen molar-refractivity contribution in [2.75, 3.05) is 43.3 Å². The second kappa shape index (κ2) is 19.9. The first-order valence-electron chi connectivity index (χ1n) is 14.0. The minimum Gasteiger partial charge on any atom is -0.495 e. The molecule has 0 aliphatic rings. The number of anilines is 4. The minimum absolute atomic E-state index is 0. The van der Waals surface area contributed by atoms with Crippen LogP contribution in [0.1, 0.15) is 36.1 Å². The van der Waals surface area contributed by atoms with E-state index in [0.29, 0.717) is 16.9 Å². The highest BCUT2D eigenvalue weighted by molar-refractivity contribution is 5.86. The molecule has 3 rings (SSSR count). The van der Waals surface area contributed by atoms with Crippen molar-refractivity contribution in [2.24, 2.45) is 0 Å². The minimum atomic E-state index is -5.25. The summed E-state index contributed by atoms with van der Waals surface area (Å²) in [6.07, 6.45) is -10.4. The second-order valence-electron chi connectivity index (χ2n) is 10.0. The Hall–Kier alpha value is -4.36. The van der Waals surface area contributed by atoms with Crippen LogP contribution in [0, 0.1) is 6.92 Å². The lowest BCUT2D eigenvalue weighted by atomic mass is 9.91. The maximum Gasteiger partial charge on any atom is 0.432 e. The highest BCUT2D eigenvalue weighted by Gasteiger charge is 2.63. The maximum absolute atomic E-state index is 13.1. The van der Waals surface area contributed by atoms with Gasteiger partial charge < -0.3 is 52.5 Å². The molecule has 12 nitrogen and oxygen atoms in total.